The van der Waals surface area contributed by atoms with E-state index in [0.29, 0.717) is 35.1 Å². The number of hydrogen-bond acceptors (Lipinski definition) is 4. The lowest BCUT2D eigenvalue weighted by Crippen LogP contribution is -2.18. The van der Waals surface area contributed by atoms with Gasteiger partial charge in [-0.15, -0.1) is 0 Å². The van der Waals surface area contributed by atoms with Crippen molar-refractivity contribution in [3.05, 3.63) is 34.1 Å². The molecule has 0 unspecified atom stereocenters. The summed E-state index contributed by atoms with van der Waals surface area (Å²) >= 11 is 3.37. The molecule has 3 N–H and O–H groups in total. The SMILES string of the molecule is CCn1nc(C)c(N)c1C(=O)Nc1ccc(Br)c(OC)c1. The number of nitrogen functional groups attached to an aromatic ring is 1. The van der Waals surface area contributed by atoms with Crippen LogP contribution in [0.4, 0.5) is 11.4 Å². The number of methoxy groups -OCH3 is 1. The molecule has 1 aromatic heterocycles. The summed E-state index contributed by atoms with van der Waals surface area (Å²) in [6, 6.07) is 5.32. The van der Waals surface area contributed by atoms with Crippen molar-refractivity contribution < 1.29 is 9.53 Å². The third kappa shape index (κ3) is 3.02. The quantitative estimate of drug-likeness (QED) is 0.886. The Morgan fingerprint density at radius 1 is 1.52 bits per heavy atom. The summed E-state index contributed by atoms with van der Waals surface area (Å²) in [5.74, 6) is 0.347. The number of anilines is 2. The van der Waals surface area contributed by atoms with Crippen LogP contribution in [0.25, 0.3) is 0 Å². The third-order valence-corrected chi connectivity index (χ3v) is 3.75. The van der Waals surface area contributed by atoms with Crippen LogP contribution >= 0.6 is 15.9 Å². The van der Waals surface area contributed by atoms with Crippen molar-refractivity contribution >= 4 is 33.2 Å². The van der Waals surface area contributed by atoms with Gasteiger partial charge in [-0.3, -0.25) is 9.48 Å². The second-order valence-corrected chi connectivity index (χ2v) is 5.32. The van der Waals surface area contributed by atoms with Gasteiger partial charge in [0, 0.05) is 18.3 Å². The number of rotatable bonds is 4. The van der Waals surface area contributed by atoms with Crippen molar-refractivity contribution in [2.75, 3.05) is 18.2 Å². The van der Waals surface area contributed by atoms with Crippen LogP contribution in [-0.4, -0.2) is 22.8 Å². The molecule has 2 aromatic rings. The molecule has 2 rings (SSSR count). The molecule has 0 saturated carbocycles. The minimum absolute atomic E-state index is 0.292. The minimum Gasteiger partial charge on any atom is -0.495 e. The van der Waals surface area contributed by atoms with Crippen molar-refractivity contribution in [3.63, 3.8) is 0 Å². The van der Waals surface area contributed by atoms with Crippen LogP contribution in [0.5, 0.6) is 5.75 Å². The van der Waals surface area contributed by atoms with Gasteiger partial charge in [0.05, 0.1) is 23.0 Å². The number of ether oxygens (including phenoxy) is 1. The zero-order valence-electron chi connectivity index (χ0n) is 12.1. The van der Waals surface area contributed by atoms with E-state index in [4.69, 9.17) is 10.5 Å². The Balaban J connectivity index is 2.30. The fraction of sp³-hybridized carbons (Fsp3) is 0.286. The fourth-order valence-corrected chi connectivity index (χ4v) is 2.40. The molecule has 0 radical (unpaired) electrons. The van der Waals surface area contributed by atoms with Gasteiger partial charge in [0.1, 0.15) is 11.4 Å². The van der Waals surface area contributed by atoms with Gasteiger partial charge in [-0.2, -0.15) is 5.10 Å². The second kappa shape index (κ2) is 6.17. The number of nitrogens with zero attached hydrogens (tertiary/aromatic N) is 2. The number of aromatic nitrogens is 2. The van der Waals surface area contributed by atoms with Crippen molar-refractivity contribution in [3.8, 4) is 5.75 Å². The van der Waals surface area contributed by atoms with E-state index < -0.39 is 0 Å². The van der Waals surface area contributed by atoms with Crippen molar-refractivity contribution in [1.82, 2.24) is 9.78 Å². The highest BCUT2D eigenvalue weighted by atomic mass is 79.9. The highest BCUT2D eigenvalue weighted by Crippen LogP contribution is 2.28. The van der Waals surface area contributed by atoms with Crippen molar-refractivity contribution in [2.45, 2.75) is 20.4 Å². The van der Waals surface area contributed by atoms with Crippen LogP contribution in [0.3, 0.4) is 0 Å². The molecular formula is C14H17BrN4O2. The number of halogens is 1. The molecule has 0 fully saturated rings. The summed E-state index contributed by atoms with van der Waals surface area (Å²) in [5.41, 5.74) is 7.99. The van der Waals surface area contributed by atoms with E-state index in [-0.39, 0.29) is 5.91 Å². The number of carbonyl (C=O) groups is 1. The topological polar surface area (TPSA) is 82.2 Å². The predicted molar refractivity (Wildman–Crippen MR) is 85.7 cm³/mol. The van der Waals surface area contributed by atoms with E-state index in [0.717, 1.165) is 4.47 Å². The molecule has 7 heteroatoms. The monoisotopic (exact) mass is 352 g/mol. The minimum atomic E-state index is -0.292. The number of carbonyl (C=O) groups excluding carboxylic acids is 1. The zero-order valence-corrected chi connectivity index (χ0v) is 13.7. The third-order valence-electron chi connectivity index (χ3n) is 3.10. The first-order chi connectivity index (χ1) is 9.97. The molecule has 1 aromatic carbocycles. The van der Waals surface area contributed by atoms with E-state index in [1.165, 1.54) is 0 Å². The molecule has 1 heterocycles. The van der Waals surface area contributed by atoms with E-state index >= 15 is 0 Å². The van der Waals surface area contributed by atoms with Gasteiger partial charge in [-0.05, 0) is 41.9 Å². The summed E-state index contributed by atoms with van der Waals surface area (Å²) in [4.78, 5) is 12.4. The summed E-state index contributed by atoms with van der Waals surface area (Å²) in [6.45, 7) is 4.26. The highest BCUT2D eigenvalue weighted by Gasteiger charge is 2.19. The summed E-state index contributed by atoms with van der Waals surface area (Å²) < 4.78 is 7.62. The fourth-order valence-electron chi connectivity index (χ4n) is 1.99. The number of nitrogens with two attached hydrogens (primary N) is 1. The van der Waals surface area contributed by atoms with Crippen LogP contribution in [0.1, 0.15) is 23.1 Å². The van der Waals surface area contributed by atoms with Gasteiger partial charge in [0.2, 0.25) is 0 Å². The molecular weight excluding hydrogens is 336 g/mol. The van der Waals surface area contributed by atoms with Gasteiger partial charge in [0.15, 0.2) is 0 Å². The number of benzene rings is 1. The molecule has 0 saturated heterocycles. The molecule has 6 nitrogen and oxygen atoms in total. The Bertz CT molecular complexity index is 682. The van der Waals surface area contributed by atoms with Gasteiger partial charge in [-0.25, -0.2) is 0 Å². The van der Waals surface area contributed by atoms with E-state index in [2.05, 4.69) is 26.3 Å². The number of nitrogens with one attached hydrogen (secondary N) is 1. The molecule has 0 spiro atoms. The average Bonchev–Trinajstić information content (AvgIpc) is 2.76. The maximum Gasteiger partial charge on any atom is 0.276 e. The first-order valence-electron chi connectivity index (χ1n) is 6.45. The number of hydrogen-bond donors (Lipinski definition) is 2. The summed E-state index contributed by atoms with van der Waals surface area (Å²) in [7, 11) is 1.57. The molecule has 0 bridgehead atoms. The highest BCUT2D eigenvalue weighted by molar-refractivity contribution is 9.10. The Morgan fingerprint density at radius 3 is 2.86 bits per heavy atom. The average molecular weight is 353 g/mol. The summed E-state index contributed by atoms with van der Waals surface area (Å²) in [6.07, 6.45) is 0. The van der Waals surface area contributed by atoms with E-state index in [1.807, 2.05) is 6.92 Å². The summed E-state index contributed by atoms with van der Waals surface area (Å²) in [5, 5.41) is 7.05. The molecule has 112 valence electrons. The molecule has 1 amide bonds. The predicted octanol–water partition coefficient (Wildman–Crippen LogP) is 2.82. The second-order valence-electron chi connectivity index (χ2n) is 4.47. The van der Waals surface area contributed by atoms with Crippen LogP contribution in [-0.2, 0) is 6.54 Å². The normalized spacial score (nSPS) is 10.5. The molecule has 0 aliphatic carbocycles. The van der Waals surface area contributed by atoms with Gasteiger partial charge < -0.3 is 15.8 Å². The largest absolute Gasteiger partial charge is 0.495 e. The van der Waals surface area contributed by atoms with Gasteiger partial charge in [-0.1, -0.05) is 0 Å². The van der Waals surface area contributed by atoms with Gasteiger partial charge in [0.25, 0.3) is 5.91 Å². The van der Waals surface area contributed by atoms with Gasteiger partial charge >= 0.3 is 0 Å². The lowest BCUT2D eigenvalue weighted by molar-refractivity contribution is 0.101. The van der Waals surface area contributed by atoms with Crippen molar-refractivity contribution in [1.29, 1.82) is 0 Å². The van der Waals surface area contributed by atoms with Crippen LogP contribution in [0, 0.1) is 6.92 Å². The van der Waals surface area contributed by atoms with E-state index in [9.17, 15) is 4.79 Å². The molecule has 0 aliphatic rings. The Hall–Kier alpha value is -2.02. The van der Waals surface area contributed by atoms with Crippen molar-refractivity contribution in [2.24, 2.45) is 0 Å². The van der Waals surface area contributed by atoms with Crippen LogP contribution < -0.4 is 15.8 Å². The Morgan fingerprint density at radius 2 is 2.24 bits per heavy atom. The maximum atomic E-state index is 12.4. The van der Waals surface area contributed by atoms with Crippen LogP contribution in [0.2, 0.25) is 0 Å². The standard InChI is InChI=1S/C14H17BrN4O2/c1-4-19-13(12(16)8(2)18-19)14(20)17-9-5-6-10(15)11(7-9)21-3/h5-7H,4,16H2,1-3H3,(H,17,20). The number of amides is 1. The number of aryl methyl sites for hydroxylation is 2. The first kappa shape index (κ1) is 15.4. The smallest absolute Gasteiger partial charge is 0.276 e. The maximum absolute atomic E-state index is 12.4. The van der Waals surface area contributed by atoms with Crippen LogP contribution in [0.15, 0.2) is 22.7 Å². The lowest BCUT2D eigenvalue weighted by atomic mass is 10.2. The Labute approximate surface area is 131 Å². The molecule has 0 atom stereocenters. The molecule has 0 aliphatic heterocycles. The lowest BCUT2D eigenvalue weighted by Gasteiger charge is -2.10. The first-order valence-corrected chi connectivity index (χ1v) is 7.25. The Kier molecular flexibility index (Phi) is 4.52. The molecule has 21 heavy (non-hydrogen) atoms. The van der Waals surface area contributed by atoms with E-state index in [1.54, 1.807) is 36.9 Å². The zero-order chi connectivity index (χ0) is 15.6.